The maximum absolute atomic E-state index is 12.0. The summed E-state index contributed by atoms with van der Waals surface area (Å²) in [5, 5.41) is 8.73. The molecule has 0 aliphatic heterocycles. The van der Waals surface area contributed by atoms with Crippen LogP contribution in [0.5, 0.6) is 0 Å². The molecule has 1 heterocycles. The zero-order chi connectivity index (χ0) is 13.9. The molecule has 6 nitrogen and oxygen atoms in total. The van der Waals surface area contributed by atoms with Crippen LogP contribution in [0.25, 0.3) is 0 Å². The number of aryl methyl sites for hydroxylation is 1. The van der Waals surface area contributed by atoms with E-state index in [-0.39, 0.29) is 16.7 Å². The Morgan fingerprint density at radius 3 is 2.72 bits per heavy atom. The topological polar surface area (TPSA) is 96.6 Å². The Morgan fingerprint density at radius 2 is 2.28 bits per heavy atom. The van der Waals surface area contributed by atoms with Crippen molar-refractivity contribution in [1.82, 2.24) is 4.72 Å². The monoisotopic (exact) mass is 273 g/mol. The van der Waals surface area contributed by atoms with Crippen molar-refractivity contribution < 1.29 is 22.7 Å². The van der Waals surface area contributed by atoms with Gasteiger partial charge in [-0.15, -0.1) is 6.58 Å². The Balaban J connectivity index is 3.05. The Labute approximate surface area is 105 Å². The van der Waals surface area contributed by atoms with Crippen molar-refractivity contribution in [3.05, 3.63) is 30.2 Å². The first-order valence-electron chi connectivity index (χ1n) is 5.25. The molecule has 0 aliphatic carbocycles. The van der Waals surface area contributed by atoms with Crippen molar-refractivity contribution in [3.63, 3.8) is 0 Å². The number of rotatable bonds is 6. The van der Waals surface area contributed by atoms with Crippen molar-refractivity contribution in [2.45, 2.75) is 31.2 Å². The minimum Gasteiger partial charge on any atom is -0.475 e. The zero-order valence-corrected chi connectivity index (χ0v) is 11.0. The van der Waals surface area contributed by atoms with Crippen LogP contribution in [0.15, 0.2) is 28.0 Å². The highest BCUT2D eigenvalue weighted by molar-refractivity contribution is 7.89. The highest BCUT2D eigenvalue weighted by atomic mass is 32.2. The van der Waals surface area contributed by atoms with Crippen LogP contribution in [0.4, 0.5) is 0 Å². The molecule has 18 heavy (non-hydrogen) atoms. The fourth-order valence-electron chi connectivity index (χ4n) is 1.46. The molecule has 0 spiro atoms. The van der Waals surface area contributed by atoms with Crippen molar-refractivity contribution in [1.29, 1.82) is 0 Å². The van der Waals surface area contributed by atoms with Gasteiger partial charge in [-0.05, 0) is 20.3 Å². The summed E-state index contributed by atoms with van der Waals surface area (Å²) in [6.45, 7) is 6.61. The fraction of sp³-hybridized carbons (Fsp3) is 0.364. The highest BCUT2D eigenvalue weighted by Crippen LogP contribution is 2.20. The van der Waals surface area contributed by atoms with Crippen molar-refractivity contribution in [2.75, 3.05) is 0 Å². The molecule has 0 bridgehead atoms. The zero-order valence-electron chi connectivity index (χ0n) is 10.1. The highest BCUT2D eigenvalue weighted by Gasteiger charge is 2.24. The van der Waals surface area contributed by atoms with Crippen LogP contribution in [-0.2, 0) is 10.0 Å². The summed E-state index contributed by atoms with van der Waals surface area (Å²) in [6, 6.07) is 0.677. The summed E-state index contributed by atoms with van der Waals surface area (Å²) in [6.07, 6.45) is 2.07. The molecule has 100 valence electrons. The molecule has 0 aliphatic rings. The second-order valence-electron chi connectivity index (χ2n) is 3.88. The molecule has 7 heteroatoms. The molecule has 0 radical (unpaired) electrons. The van der Waals surface area contributed by atoms with E-state index in [0.29, 0.717) is 6.42 Å². The minimum atomic E-state index is -3.78. The Hall–Kier alpha value is -1.60. The van der Waals surface area contributed by atoms with Crippen molar-refractivity contribution in [2.24, 2.45) is 0 Å². The van der Waals surface area contributed by atoms with Gasteiger partial charge in [-0.2, -0.15) is 0 Å². The summed E-state index contributed by atoms with van der Waals surface area (Å²) in [4.78, 5) is 10.5. The number of sulfonamides is 1. The first-order chi connectivity index (χ1) is 8.27. The van der Waals surface area contributed by atoms with Gasteiger partial charge in [0.15, 0.2) is 0 Å². The van der Waals surface area contributed by atoms with Crippen LogP contribution in [0, 0.1) is 6.92 Å². The van der Waals surface area contributed by atoms with Gasteiger partial charge in [-0.25, -0.2) is 17.9 Å². The molecular formula is C11H15NO5S. The van der Waals surface area contributed by atoms with Gasteiger partial charge in [0.1, 0.15) is 10.7 Å². The number of hydrogen-bond acceptors (Lipinski definition) is 4. The van der Waals surface area contributed by atoms with Gasteiger partial charge in [0.25, 0.3) is 0 Å². The second kappa shape index (κ2) is 5.36. The Kier molecular flexibility index (Phi) is 4.31. The van der Waals surface area contributed by atoms with Gasteiger partial charge in [0.05, 0.1) is 0 Å². The molecule has 1 unspecified atom stereocenters. The van der Waals surface area contributed by atoms with Gasteiger partial charge < -0.3 is 9.52 Å². The summed E-state index contributed by atoms with van der Waals surface area (Å²) in [5.74, 6) is -1.66. The van der Waals surface area contributed by atoms with E-state index in [2.05, 4.69) is 11.3 Å². The summed E-state index contributed by atoms with van der Waals surface area (Å²) in [7, 11) is -3.78. The maximum atomic E-state index is 12.0. The largest absolute Gasteiger partial charge is 0.475 e. The predicted octanol–water partition coefficient (Wildman–Crippen LogP) is 1.53. The molecule has 2 N–H and O–H groups in total. The Morgan fingerprint density at radius 1 is 1.67 bits per heavy atom. The number of furan rings is 1. The van der Waals surface area contributed by atoms with Gasteiger partial charge >= 0.3 is 5.97 Å². The molecule has 0 fully saturated rings. The van der Waals surface area contributed by atoms with E-state index in [9.17, 15) is 13.2 Å². The van der Waals surface area contributed by atoms with Crippen LogP contribution in [0.1, 0.15) is 29.7 Å². The number of hydrogen-bond donors (Lipinski definition) is 2. The third-order valence-electron chi connectivity index (χ3n) is 2.25. The SMILES string of the molecule is C=CCC(C)NS(=O)(=O)c1cc(C(=O)O)oc1C. The lowest BCUT2D eigenvalue weighted by atomic mass is 10.3. The van der Waals surface area contributed by atoms with Gasteiger partial charge in [0.2, 0.25) is 15.8 Å². The lowest BCUT2D eigenvalue weighted by molar-refractivity contribution is 0.0661. The average molecular weight is 273 g/mol. The van der Waals surface area contributed by atoms with Gasteiger partial charge in [-0.3, -0.25) is 0 Å². The molecule has 1 aromatic heterocycles. The molecule has 1 aromatic rings. The van der Waals surface area contributed by atoms with Gasteiger partial charge in [0, 0.05) is 12.1 Å². The van der Waals surface area contributed by atoms with E-state index in [1.54, 1.807) is 13.0 Å². The minimum absolute atomic E-state index is 0.0469. The van der Waals surface area contributed by atoms with Crippen LogP contribution in [0.2, 0.25) is 0 Å². The van der Waals surface area contributed by atoms with Crippen LogP contribution >= 0.6 is 0 Å². The summed E-state index contributed by atoms with van der Waals surface area (Å²) >= 11 is 0. The number of carboxylic acid groups (broad SMARTS) is 1. The molecular weight excluding hydrogens is 258 g/mol. The summed E-state index contributed by atoms with van der Waals surface area (Å²) < 4.78 is 31.2. The lowest BCUT2D eigenvalue weighted by Crippen LogP contribution is -2.32. The third-order valence-corrected chi connectivity index (χ3v) is 3.95. The first-order valence-corrected chi connectivity index (χ1v) is 6.73. The average Bonchev–Trinajstić information content (AvgIpc) is 2.60. The molecule has 0 saturated heterocycles. The van der Waals surface area contributed by atoms with E-state index in [4.69, 9.17) is 9.52 Å². The maximum Gasteiger partial charge on any atom is 0.371 e. The van der Waals surface area contributed by atoms with Gasteiger partial charge in [-0.1, -0.05) is 6.08 Å². The van der Waals surface area contributed by atoms with Crippen molar-refractivity contribution in [3.8, 4) is 0 Å². The number of carbonyl (C=O) groups is 1. The third kappa shape index (κ3) is 3.21. The van der Waals surface area contributed by atoms with E-state index in [0.717, 1.165) is 6.07 Å². The normalized spacial score (nSPS) is 13.2. The predicted molar refractivity (Wildman–Crippen MR) is 65.0 cm³/mol. The van der Waals surface area contributed by atoms with E-state index < -0.39 is 21.8 Å². The number of aromatic carboxylic acids is 1. The summed E-state index contributed by atoms with van der Waals surface area (Å²) in [5.41, 5.74) is 0. The number of nitrogens with one attached hydrogen (secondary N) is 1. The van der Waals surface area contributed by atoms with Crippen LogP contribution < -0.4 is 4.72 Å². The van der Waals surface area contributed by atoms with Crippen LogP contribution in [-0.4, -0.2) is 25.5 Å². The standard InChI is InChI=1S/C11H15NO5S/c1-4-5-7(2)12-18(15,16)10-6-9(11(13)14)17-8(10)3/h4,6-7,12H,1,5H2,2-3H3,(H,13,14). The lowest BCUT2D eigenvalue weighted by Gasteiger charge is -2.11. The van der Waals surface area contributed by atoms with Crippen LogP contribution in [0.3, 0.4) is 0 Å². The molecule has 0 saturated carbocycles. The molecule has 0 aromatic carbocycles. The number of carboxylic acids is 1. The van der Waals surface area contributed by atoms with E-state index >= 15 is 0 Å². The van der Waals surface area contributed by atoms with E-state index in [1.807, 2.05) is 0 Å². The quantitative estimate of drug-likeness (QED) is 0.766. The van der Waals surface area contributed by atoms with Crippen molar-refractivity contribution >= 4 is 16.0 Å². The first kappa shape index (κ1) is 14.5. The molecule has 1 atom stereocenters. The molecule has 0 amide bonds. The fourth-order valence-corrected chi connectivity index (χ4v) is 2.90. The van der Waals surface area contributed by atoms with E-state index in [1.165, 1.54) is 6.92 Å². The second-order valence-corrected chi connectivity index (χ2v) is 5.57. The Bertz CT molecular complexity index is 558. The molecule has 1 rings (SSSR count). The smallest absolute Gasteiger partial charge is 0.371 e.